The number of carbonyl (C=O) groups is 1. The summed E-state index contributed by atoms with van der Waals surface area (Å²) in [4.78, 5) is 12.4. The number of halogens is 2. The molecule has 1 unspecified atom stereocenters. The first kappa shape index (κ1) is 19.1. The molecule has 0 saturated heterocycles. The van der Waals surface area contributed by atoms with Crippen molar-refractivity contribution in [2.45, 2.75) is 25.8 Å². The molecule has 1 atom stereocenters. The first-order valence-corrected chi connectivity index (χ1v) is 7.91. The number of nitrogens with two attached hydrogens (primary N) is 1. The Kier molecular flexibility index (Phi) is 7.45. The molecule has 124 valence electrons. The molecule has 2 rings (SSSR count). The number of methoxy groups -OCH3 is 1. The normalized spacial score (nSPS) is 14.7. The average molecular weight is 394 g/mol. The molecule has 0 aromatic heterocycles. The minimum Gasteiger partial charge on any atom is -0.493 e. The van der Waals surface area contributed by atoms with Crippen LogP contribution in [0.2, 0.25) is 0 Å². The van der Waals surface area contributed by atoms with Crippen molar-refractivity contribution in [3.63, 3.8) is 0 Å². The molecule has 1 aromatic rings. The third-order valence-corrected chi connectivity index (χ3v) is 4.13. The summed E-state index contributed by atoms with van der Waals surface area (Å²) in [5, 5.41) is 2.99. The first-order valence-electron chi connectivity index (χ1n) is 7.12. The highest BCUT2D eigenvalue weighted by atomic mass is 79.9. The van der Waals surface area contributed by atoms with Gasteiger partial charge in [-0.3, -0.25) is 4.79 Å². The summed E-state index contributed by atoms with van der Waals surface area (Å²) in [6.07, 6.45) is 2.27. The lowest BCUT2D eigenvalue weighted by atomic mass is 10.1. The minimum atomic E-state index is -0.139. The lowest BCUT2D eigenvalue weighted by Gasteiger charge is -2.17. The number of carbonyl (C=O) groups excluding carboxylic acids is 1. The minimum absolute atomic E-state index is 0. The molecule has 7 heteroatoms. The third kappa shape index (κ3) is 4.51. The van der Waals surface area contributed by atoms with Gasteiger partial charge in [-0.25, -0.2) is 0 Å². The topological polar surface area (TPSA) is 73.6 Å². The summed E-state index contributed by atoms with van der Waals surface area (Å²) in [5.74, 6) is 1.52. The Hall–Kier alpha value is -0.980. The number of hydrogen-bond donors (Lipinski definition) is 2. The van der Waals surface area contributed by atoms with Crippen molar-refractivity contribution in [2.24, 2.45) is 11.7 Å². The van der Waals surface area contributed by atoms with Crippen LogP contribution in [0, 0.1) is 5.92 Å². The highest BCUT2D eigenvalue weighted by Crippen LogP contribution is 2.37. The molecule has 0 spiro atoms. The van der Waals surface area contributed by atoms with Crippen molar-refractivity contribution >= 4 is 34.2 Å². The van der Waals surface area contributed by atoms with E-state index in [-0.39, 0.29) is 24.4 Å². The smallest absolute Gasteiger partial charge is 0.251 e. The van der Waals surface area contributed by atoms with Gasteiger partial charge in [0.15, 0.2) is 11.5 Å². The number of amides is 1. The van der Waals surface area contributed by atoms with Gasteiger partial charge in [-0.1, -0.05) is 0 Å². The van der Waals surface area contributed by atoms with E-state index in [1.807, 2.05) is 6.92 Å². The van der Waals surface area contributed by atoms with Crippen LogP contribution < -0.4 is 20.5 Å². The summed E-state index contributed by atoms with van der Waals surface area (Å²) in [7, 11) is 1.55. The van der Waals surface area contributed by atoms with E-state index in [0.29, 0.717) is 40.6 Å². The van der Waals surface area contributed by atoms with Gasteiger partial charge in [0.2, 0.25) is 0 Å². The highest BCUT2D eigenvalue weighted by molar-refractivity contribution is 9.10. The molecule has 3 N–H and O–H groups in total. The quantitative estimate of drug-likeness (QED) is 0.747. The zero-order chi connectivity index (χ0) is 15.4. The van der Waals surface area contributed by atoms with Crippen LogP contribution in [0.25, 0.3) is 0 Å². The van der Waals surface area contributed by atoms with E-state index >= 15 is 0 Å². The van der Waals surface area contributed by atoms with Gasteiger partial charge in [0.25, 0.3) is 5.91 Å². The molecule has 1 aromatic carbocycles. The largest absolute Gasteiger partial charge is 0.493 e. The summed E-state index contributed by atoms with van der Waals surface area (Å²) in [5.41, 5.74) is 6.25. The Morgan fingerprint density at radius 1 is 1.50 bits per heavy atom. The number of rotatable bonds is 7. The SMILES string of the molecule is CCOc1c(Br)cc(C(=O)NC(CN)C2CC2)cc1OC.Cl. The fourth-order valence-electron chi connectivity index (χ4n) is 2.25. The van der Waals surface area contributed by atoms with Crippen molar-refractivity contribution in [3.8, 4) is 11.5 Å². The van der Waals surface area contributed by atoms with Gasteiger partial charge in [-0.15, -0.1) is 12.4 Å². The van der Waals surface area contributed by atoms with Crippen molar-refractivity contribution < 1.29 is 14.3 Å². The van der Waals surface area contributed by atoms with Gasteiger partial charge < -0.3 is 20.5 Å². The molecule has 0 bridgehead atoms. The Morgan fingerprint density at radius 2 is 2.18 bits per heavy atom. The lowest BCUT2D eigenvalue weighted by molar-refractivity contribution is 0.0933. The van der Waals surface area contributed by atoms with Crippen LogP contribution in [-0.2, 0) is 0 Å². The lowest BCUT2D eigenvalue weighted by Crippen LogP contribution is -2.41. The van der Waals surface area contributed by atoms with Gasteiger partial charge in [0, 0.05) is 18.2 Å². The molecule has 1 aliphatic carbocycles. The molecule has 1 fully saturated rings. The second-order valence-corrected chi connectivity index (χ2v) is 5.93. The maximum atomic E-state index is 12.4. The number of hydrogen-bond acceptors (Lipinski definition) is 4. The molecule has 0 aliphatic heterocycles. The van der Waals surface area contributed by atoms with Crippen LogP contribution in [0.15, 0.2) is 16.6 Å². The summed E-state index contributed by atoms with van der Waals surface area (Å²) < 4.78 is 11.5. The summed E-state index contributed by atoms with van der Waals surface area (Å²) in [6, 6.07) is 3.48. The van der Waals surface area contributed by atoms with E-state index in [0.717, 1.165) is 12.8 Å². The van der Waals surface area contributed by atoms with Crippen LogP contribution in [0.4, 0.5) is 0 Å². The summed E-state index contributed by atoms with van der Waals surface area (Å²) >= 11 is 3.42. The van der Waals surface area contributed by atoms with E-state index in [1.54, 1.807) is 19.2 Å². The Morgan fingerprint density at radius 3 is 2.68 bits per heavy atom. The molecule has 1 amide bonds. The van der Waals surface area contributed by atoms with Crippen LogP contribution in [0.5, 0.6) is 11.5 Å². The number of ether oxygens (including phenoxy) is 2. The van der Waals surface area contributed by atoms with Crippen molar-refractivity contribution in [1.29, 1.82) is 0 Å². The van der Waals surface area contributed by atoms with Crippen LogP contribution >= 0.6 is 28.3 Å². The highest BCUT2D eigenvalue weighted by Gasteiger charge is 2.31. The fraction of sp³-hybridized carbons (Fsp3) is 0.533. The van der Waals surface area contributed by atoms with Gasteiger partial charge in [-0.2, -0.15) is 0 Å². The molecule has 5 nitrogen and oxygen atoms in total. The third-order valence-electron chi connectivity index (χ3n) is 3.54. The molecule has 22 heavy (non-hydrogen) atoms. The zero-order valence-corrected chi connectivity index (χ0v) is 15.1. The second kappa shape index (κ2) is 8.60. The Balaban J connectivity index is 0.00000242. The van der Waals surface area contributed by atoms with Gasteiger partial charge in [0.1, 0.15) is 0 Å². The number of nitrogens with one attached hydrogen (secondary N) is 1. The first-order chi connectivity index (χ1) is 10.1. The molecular formula is C15H22BrClN2O3. The van der Waals surface area contributed by atoms with E-state index in [4.69, 9.17) is 15.2 Å². The van der Waals surface area contributed by atoms with Crippen LogP contribution in [0.1, 0.15) is 30.1 Å². The van der Waals surface area contributed by atoms with E-state index in [9.17, 15) is 4.79 Å². The molecular weight excluding hydrogens is 372 g/mol. The van der Waals surface area contributed by atoms with Crippen molar-refractivity contribution in [1.82, 2.24) is 5.32 Å². The standard InChI is InChI=1S/C15H21BrN2O3.ClH/c1-3-21-14-11(16)6-10(7-13(14)20-2)15(19)18-12(8-17)9-4-5-9;/h6-7,9,12H,3-5,8,17H2,1-2H3,(H,18,19);1H. The average Bonchev–Trinajstić information content (AvgIpc) is 3.31. The maximum Gasteiger partial charge on any atom is 0.251 e. The molecule has 1 saturated carbocycles. The molecule has 0 radical (unpaired) electrons. The van der Waals surface area contributed by atoms with E-state index in [1.165, 1.54) is 0 Å². The summed E-state index contributed by atoms with van der Waals surface area (Å²) in [6.45, 7) is 2.89. The maximum absolute atomic E-state index is 12.4. The van der Waals surface area contributed by atoms with Crippen LogP contribution in [-0.4, -0.2) is 32.2 Å². The van der Waals surface area contributed by atoms with E-state index < -0.39 is 0 Å². The monoisotopic (exact) mass is 392 g/mol. The predicted octanol–water partition coefficient (Wildman–Crippen LogP) is 2.75. The fourth-order valence-corrected chi connectivity index (χ4v) is 2.81. The Bertz CT molecular complexity index is 524. The second-order valence-electron chi connectivity index (χ2n) is 5.08. The number of benzene rings is 1. The van der Waals surface area contributed by atoms with E-state index in [2.05, 4.69) is 21.2 Å². The van der Waals surface area contributed by atoms with Gasteiger partial charge in [-0.05, 0) is 53.7 Å². The molecule has 0 heterocycles. The predicted molar refractivity (Wildman–Crippen MR) is 92.1 cm³/mol. The Labute approximate surface area is 145 Å². The zero-order valence-electron chi connectivity index (χ0n) is 12.7. The molecule has 1 aliphatic rings. The van der Waals surface area contributed by atoms with Gasteiger partial charge in [0.05, 0.1) is 18.2 Å². The van der Waals surface area contributed by atoms with Crippen molar-refractivity contribution in [2.75, 3.05) is 20.3 Å². The van der Waals surface area contributed by atoms with Crippen LogP contribution in [0.3, 0.4) is 0 Å². The van der Waals surface area contributed by atoms with Crippen molar-refractivity contribution in [3.05, 3.63) is 22.2 Å². The van der Waals surface area contributed by atoms with Gasteiger partial charge >= 0.3 is 0 Å².